The maximum absolute atomic E-state index is 11.3. The van der Waals surface area contributed by atoms with Gasteiger partial charge in [-0.05, 0) is 40.4 Å². The van der Waals surface area contributed by atoms with Gasteiger partial charge >= 0.3 is 0 Å². The molecule has 0 saturated carbocycles. The van der Waals surface area contributed by atoms with E-state index < -0.39 is 6.04 Å². The average molecular weight is 286 g/mol. The summed E-state index contributed by atoms with van der Waals surface area (Å²) in [7, 11) is 0. The Bertz CT molecular complexity index is 393. The molecule has 1 heterocycles. The molecular formula is C11H16BrN3O. The smallest absolute Gasteiger partial charge is 0.240 e. The molecule has 1 unspecified atom stereocenters. The fraction of sp³-hybridized carbons (Fsp3) is 0.455. The van der Waals surface area contributed by atoms with Gasteiger partial charge in [-0.1, -0.05) is 13.8 Å². The average Bonchev–Trinajstić information content (AvgIpc) is 2.19. The number of carbonyl (C=O) groups is 1. The first-order valence-corrected chi connectivity index (χ1v) is 5.89. The summed E-state index contributed by atoms with van der Waals surface area (Å²) in [5.74, 6) is 0.398. The van der Waals surface area contributed by atoms with E-state index in [4.69, 9.17) is 5.73 Å². The quantitative estimate of drug-likeness (QED) is 0.890. The lowest BCUT2D eigenvalue weighted by Crippen LogP contribution is -2.39. The number of rotatable bonds is 4. The van der Waals surface area contributed by atoms with Crippen LogP contribution in [0.4, 0.5) is 5.82 Å². The Hall–Kier alpha value is -1.10. The van der Waals surface area contributed by atoms with Gasteiger partial charge in [0.2, 0.25) is 5.91 Å². The first kappa shape index (κ1) is 13.0. The molecule has 1 aromatic heterocycles. The van der Waals surface area contributed by atoms with Crippen LogP contribution < -0.4 is 11.1 Å². The molecule has 4 nitrogen and oxygen atoms in total. The first-order chi connectivity index (χ1) is 7.43. The highest BCUT2D eigenvalue weighted by Crippen LogP contribution is 2.24. The van der Waals surface area contributed by atoms with E-state index in [9.17, 15) is 4.79 Å². The Morgan fingerprint density at radius 3 is 2.69 bits per heavy atom. The Balaban J connectivity index is 2.94. The number of aromatic nitrogens is 1. The van der Waals surface area contributed by atoms with Gasteiger partial charge in [-0.25, -0.2) is 4.98 Å². The van der Waals surface area contributed by atoms with E-state index in [-0.39, 0.29) is 11.8 Å². The summed E-state index contributed by atoms with van der Waals surface area (Å²) < 4.78 is 0.863. The number of nitrogens with one attached hydrogen (secondary N) is 1. The molecule has 0 bridgehead atoms. The molecule has 16 heavy (non-hydrogen) atoms. The molecular weight excluding hydrogens is 270 g/mol. The van der Waals surface area contributed by atoms with Crippen molar-refractivity contribution in [1.82, 2.24) is 4.98 Å². The van der Waals surface area contributed by atoms with Crippen molar-refractivity contribution >= 4 is 27.7 Å². The standard InChI is InChI=1S/C11H16BrN3O/c1-6(2)9(10(13)16)15-11-8(12)7(3)4-5-14-11/h4-6,9H,1-3H3,(H2,13,16)(H,14,15). The van der Waals surface area contributed by atoms with Crippen molar-refractivity contribution in [3.63, 3.8) is 0 Å². The molecule has 0 fully saturated rings. The van der Waals surface area contributed by atoms with Gasteiger partial charge in [-0.3, -0.25) is 4.79 Å². The Labute approximate surface area is 104 Å². The number of hydrogen-bond acceptors (Lipinski definition) is 3. The number of pyridine rings is 1. The lowest BCUT2D eigenvalue weighted by Gasteiger charge is -2.20. The van der Waals surface area contributed by atoms with Gasteiger partial charge in [-0.15, -0.1) is 0 Å². The summed E-state index contributed by atoms with van der Waals surface area (Å²) in [6, 6.07) is 1.48. The predicted molar refractivity (Wildman–Crippen MR) is 68.1 cm³/mol. The van der Waals surface area contributed by atoms with E-state index in [1.54, 1.807) is 6.20 Å². The molecule has 88 valence electrons. The van der Waals surface area contributed by atoms with Crippen LogP contribution in [0.2, 0.25) is 0 Å². The number of hydrogen-bond donors (Lipinski definition) is 2. The normalized spacial score (nSPS) is 12.6. The third-order valence-corrected chi connectivity index (χ3v) is 3.35. The topological polar surface area (TPSA) is 68.0 Å². The maximum atomic E-state index is 11.3. The molecule has 3 N–H and O–H groups in total. The van der Waals surface area contributed by atoms with Crippen LogP contribution in [0.25, 0.3) is 0 Å². The lowest BCUT2D eigenvalue weighted by molar-refractivity contribution is -0.119. The van der Waals surface area contributed by atoms with Crippen LogP contribution in [0.15, 0.2) is 16.7 Å². The molecule has 0 saturated heterocycles. The van der Waals surface area contributed by atoms with Crippen molar-refractivity contribution < 1.29 is 4.79 Å². The number of anilines is 1. The molecule has 0 spiro atoms. The lowest BCUT2D eigenvalue weighted by atomic mass is 10.0. The highest BCUT2D eigenvalue weighted by atomic mass is 79.9. The van der Waals surface area contributed by atoms with Gasteiger partial charge in [-0.2, -0.15) is 0 Å². The molecule has 0 aliphatic rings. The number of halogens is 1. The Morgan fingerprint density at radius 1 is 1.56 bits per heavy atom. The van der Waals surface area contributed by atoms with Gasteiger partial charge in [0.05, 0.1) is 4.47 Å². The number of amides is 1. The van der Waals surface area contributed by atoms with Crippen molar-refractivity contribution in [2.24, 2.45) is 11.7 Å². The third-order valence-electron chi connectivity index (χ3n) is 2.35. The van der Waals surface area contributed by atoms with E-state index in [1.165, 1.54) is 0 Å². The van der Waals surface area contributed by atoms with Crippen LogP contribution in [0.1, 0.15) is 19.4 Å². The summed E-state index contributed by atoms with van der Waals surface area (Å²) in [4.78, 5) is 15.4. The molecule has 1 atom stereocenters. The monoisotopic (exact) mass is 285 g/mol. The van der Waals surface area contributed by atoms with E-state index in [2.05, 4.69) is 26.2 Å². The van der Waals surface area contributed by atoms with E-state index in [0.717, 1.165) is 10.0 Å². The highest BCUT2D eigenvalue weighted by Gasteiger charge is 2.20. The second kappa shape index (κ2) is 5.30. The van der Waals surface area contributed by atoms with Gasteiger partial charge < -0.3 is 11.1 Å². The summed E-state index contributed by atoms with van der Waals surface area (Å²) in [6.07, 6.45) is 1.70. The van der Waals surface area contributed by atoms with Crippen molar-refractivity contribution in [1.29, 1.82) is 0 Å². The van der Waals surface area contributed by atoms with Gasteiger partial charge in [0, 0.05) is 6.20 Å². The molecule has 1 aromatic rings. The van der Waals surface area contributed by atoms with Crippen molar-refractivity contribution in [3.8, 4) is 0 Å². The van der Waals surface area contributed by atoms with Crippen LogP contribution in [0, 0.1) is 12.8 Å². The SMILES string of the molecule is Cc1ccnc(NC(C(N)=O)C(C)C)c1Br. The zero-order valence-electron chi connectivity index (χ0n) is 9.62. The minimum atomic E-state index is -0.411. The van der Waals surface area contributed by atoms with Crippen molar-refractivity contribution in [3.05, 3.63) is 22.3 Å². The minimum absolute atomic E-state index is 0.117. The van der Waals surface area contributed by atoms with Gasteiger partial charge in [0.1, 0.15) is 11.9 Å². The first-order valence-electron chi connectivity index (χ1n) is 5.10. The number of nitrogens with zero attached hydrogens (tertiary/aromatic N) is 1. The molecule has 1 amide bonds. The van der Waals surface area contributed by atoms with E-state index >= 15 is 0 Å². The summed E-state index contributed by atoms with van der Waals surface area (Å²) in [5, 5.41) is 3.05. The Morgan fingerprint density at radius 2 is 2.19 bits per heavy atom. The zero-order chi connectivity index (χ0) is 12.3. The largest absolute Gasteiger partial charge is 0.368 e. The molecule has 0 aromatic carbocycles. The molecule has 1 rings (SSSR count). The number of primary amides is 1. The summed E-state index contributed by atoms with van der Waals surface area (Å²) >= 11 is 3.43. The fourth-order valence-electron chi connectivity index (χ4n) is 1.35. The van der Waals surface area contributed by atoms with Gasteiger partial charge in [0.15, 0.2) is 0 Å². The predicted octanol–water partition coefficient (Wildman–Crippen LogP) is 2.07. The molecule has 0 radical (unpaired) electrons. The maximum Gasteiger partial charge on any atom is 0.240 e. The second-order valence-corrected chi connectivity index (χ2v) is 4.85. The minimum Gasteiger partial charge on any atom is -0.368 e. The van der Waals surface area contributed by atoms with Crippen LogP contribution in [-0.4, -0.2) is 16.9 Å². The zero-order valence-corrected chi connectivity index (χ0v) is 11.2. The molecule has 0 aliphatic heterocycles. The number of carbonyl (C=O) groups excluding carboxylic acids is 1. The van der Waals surface area contributed by atoms with Crippen molar-refractivity contribution in [2.75, 3.05) is 5.32 Å². The van der Waals surface area contributed by atoms with Crippen LogP contribution in [0.3, 0.4) is 0 Å². The second-order valence-electron chi connectivity index (χ2n) is 4.06. The van der Waals surface area contributed by atoms with Gasteiger partial charge in [0.25, 0.3) is 0 Å². The van der Waals surface area contributed by atoms with Crippen molar-refractivity contribution in [2.45, 2.75) is 26.8 Å². The summed E-state index contributed by atoms with van der Waals surface area (Å²) in [5.41, 5.74) is 6.39. The van der Waals surface area contributed by atoms with E-state index in [0.29, 0.717) is 5.82 Å². The fourth-order valence-corrected chi connectivity index (χ4v) is 1.70. The Kier molecular flexibility index (Phi) is 4.29. The number of nitrogens with two attached hydrogens (primary N) is 1. The number of aryl methyl sites for hydroxylation is 1. The van der Waals surface area contributed by atoms with Crippen LogP contribution >= 0.6 is 15.9 Å². The molecule has 0 aliphatic carbocycles. The molecule has 5 heteroatoms. The highest BCUT2D eigenvalue weighted by molar-refractivity contribution is 9.10. The third kappa shape index (κ3) is 2.95. The van der Waals surface area contributed by atoms with Crippen LogP contribution in [0.5, 0.6) is 0 Å². The van der Waals surface area contributed by atoms with Crippen LogP contribution in [-0.2, 0) is 4.79 Å². The summed E-state index contributed by atoms with van der Waals surface area (Å²) in [6.45, 7) is 5.84. The van der Waals surface area contributed by atoms with E-state index in [1.807, 2.05) is 26.8 Å².